The van der Waals surface area contributed by atoms with E-state index < -0.39 is 5.60 Å². The van der Waals surface area contributed by atoms with Gasteiger partial charge in [0.1, 0.15) is 5.60 Å². The molecule has 0 saturated carbocycles. The molecule has 0 radical (unpaired) electrons. The van der Waals surface area contributed by atoms with Gasteiger partial charge < -0.3 is 15.0 Å². The number of carbonyl (C=O) groups excluding carboxylic acids is 2. The molecular weight excluding hydrogens is 308 g/mol. The maximum absolute atomic E-state index is 12.1. The smallest absolute Gasteiger partial charge is 0.410 e. The number of aromatic nitrogens is 2. The predicted octanol–water partition coefficient (Wildman–Crippen LogP) is 2.27. The van der Waals surface area contributed by atoms with Gasteiger partial charge in [-0.2, -0.15) is 5.10 Å². The van der Waals surface area contributed by atoms with E-state index in [1.165, 1.54) is 0 Å². The molecule has 2 amide bonds. The molecule has 1 aromatic rings. The Kier molecular flexibility index (Phi) is 4.95. The van der Waals surface area contributed by atoms with E-state index in [0.29, 0.717) is 25.3 Å². The third kappa shape index (κ3) is 4.13. The van der Waals surface area contributed by atoms with Crippen molar-refractivity contribution < 1.29 is 14.3 Å². The lowest BCUT2D eigenvalue weighted by molar-refractivity contribution is -0.115. The monoisotopic (exact) mass is 328 g/mol. The summed E-state index contributed by atoms with van der Waals surface area (Å²) in [4.78, 5) is 25.3. The Balaban J connectivity index is 2.02. The van der Waals surface area contributed by atoms with Crippen LogP contribution in [0, 0.1) is 0 Å². The number of nitrogens with one attached hydrogen (secondary N) is 2. The highest BCUT2D eigenvalue weighted by Crippen LogP contribution is 2.25. The quantitative estimate of drug-likeness (QED) is 0.833. The molecule has 2 N–H and O–H groups in total. The maximum atomic E-state index is 12.1. The third-order valence-corrected chi connectivity index (χ3v) is 3.35. The van der Waals surface area contributed by atoms with Crippen LogP contribution >= 0.6 is 11.6 Å². The Bertz CT molecular complexity index is 565. The average molecular weight is 329 g/mol. The van der Waals surface area contributed by atoms with E-state index in [9.17, 15) is 9.59 Å². The average Bonchev–Trinajstić information content (AvgIpc) is 2.79. The molecule has 0 fully saturated rings. The van der Waals surface area contributed by atoms with Crippen molar-refractivity contribution in [1.29, 1.82) is 0 Å². The molecule has 7 nitrogen and oxygen atoms in total. The van der Waals surface area contributed by atoms with Crippen molar-refractivity contribution in [2.24, 2.45) is 0 Å². The molecule has 8 heteroatoms. The van der Waals surface area contributed by atoms with Crippen molar-refractivity contribution in [2.45, 2.75) is 45.8 Å². The number of carbonyl (C=O) groups is 2. The summed E-state index contributed by atoms with van der Waals surface area (Å²) in [6.07, 6.45) is 0.509. The van der Waals surface area contributed by atoms with Crippen LogP contribution in [-0.2, 0) is 22.5 Å². The number of hydrogen-bond acceptors (Lipinski definition) is 4. The number of H-pyrrole nitrogens is 1. The molecule has 0 bridgehead atoms. The van der Waals surface area contributed by atoms with Gasteiger partial charge in [-0.3, -0.25) is 9.89 Å². The predicted molar refractivity (Wildman–Crippen MR) is 82.9 cm³/mol. The van der Waals surface area contributed by atoms with Crippen LogP contribution in [0.3, 0.4) is 0 Å². The third-order valence-electron chi connectivity index (χ3n) is 3.16. The molecule has 0 unspecified atom stereocenters. The summed E-state index contributed by atoms with van der Waals surface area (Å²) in [6, 6.07) is 0. The Labute approximate surface area is 134 Å². The van der Waals surface area contributed by atoms with Gasteiger partial charge in [-0.1, -0.05) is 0 Å². The van der Waals surface area contributed by atoms with Gasteiger partial charge in [-0.05, 0) is 27.2 Å². The van der Waals surface area contributed by atoms with Gasteiger partial charge in [-0.25, -0.2) is 4.79 Å². The molecule has 0 aliphatic carbocycles. The second-order valence-electron chi connectivity index (χ2n) is 6.17. The van der Waals surface area contributed by atoms with Gasteiger partial charge in [0.05, 0.1) is 12.2 Å². The second kappa shape index (κ2) is 6.56. The molecule has 122 valence electrons. The maximum Gasteiger partial charge on any atom is 0.410 e. The van der Waals surface area contributed by atoms with Crippen LogP contribution in [0.4, 0.5) is 10.6 Å². The first-order chi connectivity index (χ1) is 10.3. The van der Waals surface area contributed by atoms with Crippen molar-refractivity contribution >= 4 is 29.4 Å². The number of rotatable bonds is 3. The van der Waals surface area contributed by atoms with E-state index in [-0.39, 0.29) is 24.3 Å². The van der Waals surface area contributed by atoms with Gasteiger partial charge in [0, 0.05) is 24.4 Å². The zero-order chi connectivity index (χ0) is 16.3. The van der Waals surface area contributed by atoms with Crippen LogP contribution in [0.15, 0.2) is 0 Å². The summed E-state index contributed by atoms with van der Waals surface area (Å²) in [7, 11) is 0. The number of ether oxygens (including phenoxy) is 1. The number of fused-ring (bicyclic) bond motifs is 1. The lowest BCUT2D eigenvalue weighted by Gasteiger charge is -2.29. The van der Waals surface area contributed by atoms with Gasteiger partial charge in [0.15, 0.2) is 5.82 Å². The second-order valence-corrected chi connectivity index (χ2v) is 6.55. The number of alkyl halides is 1. The molecule has 0 aromatic carbocycles. The van der Waals surface area contributed by atoms with Gasteiger partial charge in [-0.15, -0.1) is 11.6 Å². The summed E-state index contributed by atoms with van der Waals surface area (Å²) in [5, 5.41) is 9.72. The largest absolute Gasteiger partial charge is 0.444 e. The number of anilines is 1. The number of hydrogen-bond donors (Lipinski definition) is 2. The summed E-state index contributed by atoms with van der Waals surface area (Å²) >= 11 is 5.54. The van der Waals surface area contributed by atoms with E-state index in [2.05, 4.69) is 15.5 Å². The first-order valence-corrected chi connectivity index (χ1v) is 7.73. The van der Waals surface area contributed by atoms with E-state index in [0.717, 1.165) is 11.3 Å². The fraction of sp³-hybridized carbons (Fsp3) is 0.643. The Morgan fingerprint density at radius 3 is 2.82 bits per heavy atom. The van der Waals surface area contributed by atoms with E-state index in [1.807, 2.05) is 20.8 Å². The lowest BCUT2D eigenvalue weighted by atomic mass is 10.1. The molecule has 22 heavy (non-hydrogen) atoms. The minimum Gasteiger partial charge on any atom is -0.444 e. The molecule has 0 atom stereocenters. The van der Waals surface area contributed by atoms with Crippen LogP contribution in [0.1, 0.15) is 38.4 Å². The zero-order valence-corrected chi connectivity index (χ0v) is 13.8. The highest BCUT2D eigenvalue weighted by molar-refractivity contribution is 6.19. The number of nitrogens with zero attached hydrogens (tertiary/aromatic N) is 2. The Morgan fingerprint density at radius 1 is 1.45 bits per heavy atom. The van der Waals surface area contributed by atoms with Crippen molar-refractivity contribution in [3.8, 4) is 0 Å². The zero-order valence-electron chi connectivity index (χ0n) is 13.0. The van der Waals surface area contributed by atoms with Crippen LogP contribution in [0.5, 0.6) is 0 Å². The van der Waals surface area contributed by atoms with Crippen LogP contribution in [0.25, 0.3) is 0 Å². The van der Waals surface area contributed by atoms with E-state index in [1.54, 1.807) is 4.90 Å². The number of halogens is 1. The van der Waals surface area contributed by atoms with Crippen molar-refractivity contribution in [3.05, 3.63) is 11.3 Å². The fourth-order valence-corrected chi connectivity index (χ4v) is 2.36. The van der Waals surface area contributed by atoms with Crippen LogP contribution < -0.4 is 5.32 Å². The molecule has 2 heterocycles. The minimum absolute atomic E-state index is 0.168. The minimum atomic E-state index is -0.522. The molecule has 1 aliphatic heterocycles. The van der Waals surface area contributed by atoms with Crippen molar-refractivity contribution in [3.63, 3.8) is 0 Å². The highest BCUT2D eigenvalue weighted by atomic mass is 35.5. The molecule has 2 rings (SSSR count). The molecule has 0 spiro atoms. The van der Waals surface area contributed by atoms with E-state index >= 15 is 0 Å². The summed E-state index contributed by atoms with van der Waals surface area (Å²) in [5.41, 5.74) is 1.23. The van der Waals surface area contributed by atoms with Crippen LogP contribution in [0.2, 0.25) is 0 Å². The molecule has 1 aromatic heterocycles. The highest BCUT2D eigenvalue weighted by Gasteiger charge is 2.28. The van der Waals surface area contributed by atoms with Crippen molar-refractivity contribution in [2.75, 3.05) is 17.7 Å². The standard InChI is InChI=1S/C14H21ClN4O3/c1-14(2,3)22-13(21)19-7-5-9-10(8-19)17-18-12(9)16-11(20)4-6-15/h4-8H2,1-3H3,(H2,16,17,18,20). The number of aromatic amines is 1. The summed E-state index contributed by atoms with van der Waals surface area (Å²) in [6.45, 7) is 6.42. The topological polar surface area (TPSA) is 87.3 Å². The van der Waals surface area contributed by atoms with Crippen LogP contribution in [-0.4, -0.2) is 45.1 Å². The Morgan fingerprint density at radius 2 is 2.18 bits per heavy atom. The van der Waals surface area contributed by atoms with Gasteiger partial charge in [0.25, 0.3) is 0 Å². The SMILES string of the molecule is CC(C)(C)OC(=O)N1CCc2c(NC(=O)CCCl)n[nH]c2C1. The molecular formula is C14H21ClN4O3. The first kappa shape index (κ1) is 16.6. The lowest BCUT2D eigenvalue weighted by Crippen LogP contribution is -2.39. The summed E-state index contributed by atoms with van der Waals surface area (Å²) in [5.74, 6) is 0.623. The fourth-order valence-electron chi connectivity index (χ4n) is 2.18. The summed E-state index contributed by atoms with van der Waals surface area (Å²) < 4.78 is 5.36. The first-order valence-electron chi connectivity index (χ1n) is 7.20. The normalized spacial score (nSPS) is 14.5. The molecule has 0 saturated heterocycles. The van der Waals surface area contributed by atoms with Crippen molar-refractivity contribution in [1.82, 2.24) is 15.1 Å². The Hall–Kier alpha value is -1.76. The number of amides is 2. The molecule has 1 aliphatic rings. The van der Waals surface area contributed by atoms with Gasteiger partial charge in [0.2, 0.25) is 5.91 Å². The van der Waals surface area contributed by atoms with Gasteiger partial charge >= 0.3 is 6.09 Å². The van der Waals surface area contributed by atoms with E-state index in [4.69, 9.17) is 16.3 Å².